The van der Waals surface area contributed by atoms with E-state index in [-0.39, 0.29) is 23.7 Å². The van der Waals surface area contributed by atoms with Crippen LogP contribution in [0.4, 0.5) is 4.79 Å². The Kier molecular flexibility index (Phi) is 4.52. The maximum Gasteiger partial charge on any atom is 0.503 e. The molecule has 0 bridgehead atoms. The van der Waals surface area contributed by atoms with Crippen LogP contribution in [0.5, 0.6) is 0 Å². The van der Waals surface area contributed by atoms with Gasteiger partial charge in [-0.25, -0.2) is 4.79 Å². The minimum absolute atomic E-state index is 0.123. The van der Waals surface area contributed by atoms with Gasteiger partial charge in [-0.3, -0.25) is 14.9 Å². The standard InChI is InChI=1S/C18H15NO2.CH2O3/c20-17-10-11(18(21)19-17)9-16-14-7-3-1-5-12(14)13-6-2-4-8-15(13)16;2-1(3)4/h1-8,11,16H,9-10H2,(H,19,20,21);(H2,2,3,4). The lowest BCUT2D eigenvalue weighted by atomic mass is 9.86. The van der Waals surface area contributed by atoms with E-state index >= 15 is 0 Å². The van der Waals surface area contributed by atoms with E-state index in [1.807, 2.05) is 24.3 Å². The Balaban J connectivity index is 0.000000415. The predicted octanol–water partition coefficient (Wildman–Crippen LogP) is 3.07. The first-order chi connectivity index (χ1) is 12.0. The van der Waals surface area contributed by atoms with Crippen molar-refractivity contribution in [1.29, 1.82) is 0 Å². The molecule has 1 aliphatic carbocycles. The number of hydrogen-bond acceptors (Lipinski definition) is 3. The first kappa shape index (κ1) is 16.7. The van der Waals surface area contributed by atoms with Crippen LogP contribution < -0.4 is 5.32 Å². The van der Waals surface area contributed by atoms with Crippen molar-refractivity contribution in [3.05, 3.63) is 59.7 Å². The third kappa shape index (κ3) is 3.38. The summed E-state index contributed by atoms with van der Waals surface area (Å²) in [7, 11) is 0. The molecule has 2 amide bonds. The molecule has 0 saturated carbocycles. The molecule has 6 nitrogen and oxygen atoms in total. The van der Waals surface area contributed by atoms with E-state index in [0.29, 0.717) is 12.8 Å². The number of carbonyl (C=O) groups is 3. The number of fused-ring (bicyclic) bond motifs is 3. The van der Waals surface area contributed by atoms with Crippen molar-refractivity contribution in [3.63, 3.8) is 0 Å². The molecule has 4 rings (SSSR count). The van der Waals surface area contributed by atoms with Crippen molar-refractivity contribution in [3.8, 4) is 11.1 Å². The highest BCUT2D eigenvalue weighted by Crippen LogP contribution is 2.47. The van der Waals surface area contributed by atoms with Gasteiger partial charge in [-0.2, -0.15) is 0 Å². The molecular formula is C19H17NO5. The third-order valence-corrected chi connectivity index (χ3v) is 4.55. The van der Waals surface area contributed by atoms with Crippen LogP contribution in [-0.2, 0) is 9.59 Å². The zero-order valence-corrected chi connectivity index (χ0v) is 13.3. The van der Waals surface area contributed by atoms with Gasteiger partial charge in [0.05, 0.1) is 0 Å². The van der Waals surface area contributed by atoms with Crippen molar-refractivity contribution < 1.29 is 24.6 Å². The molecule has 2 aliphatic rings. The fourth-order valence-electron chi connectivity index (χ4n) is 3.60. The zero-order valence-electron chi connectivity index (χ0n) is 13.3. The molecule has 0 radical (unpaired) electrons. The summed E-state index contributed by atoms with van der Waals surface area (Å²) in [5, 5.41) is 16.4. The first-order valence-corrected chi connectivity index (χ1v) is 7.91. The smallest absolute Gasteiger partial charge is 0.450 e. The fraction of sp³-hybridized carbons (Fsp3) is 0.211. The molecule has 0 spiro atoms. The lowest BCUT2D eigenvalue weighted by Gasteiger charge is -2.16. The molecule has 6 heteroatoms. The molecule has 1 atom stereocenters. The maximum atomic E-state index is 11.9. The number of imide groups is 1. The van der Waals surface area contributed by atoms with Crippen LogP contribution in [0.3, 0.4) is 0 Å². The number of rotatable bonds is 2. The first-order valence-electron chi connectivity index (χ1n) is 7.91. The average molecular weight is 339 g/mol. The molecule has 0 aromatic heterocycles. The van der Waals surface area contributed by atoms with Crippen LogP contribution in [-0.4, -0.2) is 28.2 Å². The van der Waals surface area contributed by atoms with Gasteiger partial charge in [-0.1, -0.05) is 48.5 Å². The van der Waals surface area contributed by atoms with Crippen molar-refractivity contribution in [2.75, 3.05) is 0 Å². The van der Waals surface area contributed by atoms with Crippen LogP contribution in [0.25, 0.3) is 11.1 Å². The van der Waals surface area contributed by atoms with Gasteiger partial charge in [0.15, 0.2) is 0 Å². The summed E-state index contributed by atoms with van der Waals surface area (Å²) in [4.78, 5) is 31.8. The number of carbonyl (C=O) groups excluding carboxylic acids is 2. The summed E-state index contributed by atoms with van der Waals surface area (Å²) >= 11 is 0. The highest BCUT2D eigenvalue weighted by atomic mass is 16.6. The Labute approximate surface area is 144 Å². The number of benzene rings is 2. The molecule has 1 aliphatic heterocycles. The van der Waals surface area contributed by atoms with Crippen molar-refractivity contribution in [1.82, 2.24) is 5.32 Å². The van der Waals surface area contributed by atoms with Crippen LogP contribution >= 0.6 is 0 Å². The van der Waals surface area contributed by atoms with Gasteiger partial charge in [0, 0.05) is 18.3 Å². The SMILES string of the molecule is O=C(O)O.O=C1CC(CC2c3ccccc3-c3ccccc32)C(=O)N1. The molecule has 1 heterocycles. The lowest BCUT2D eigenvalue weighted by Crippen LogP contribution is -2.22. The molecule has 25 heavy (non-hydrogen) atoms. The number of amides is 2. The predicted molar refractivity (Wildman–Crippen MR) is 90.2 cm³/mol. The van der Waals surface area contributed by atoms with E-state index < -0.39 is 6.16 Å². The van der Waals surface area contributed by atoms with E-state index in [9.17, 15) is 9.59 Å². The van der Waals surface area contributed by atoms with E-state index in [1.165, 1.54) is 22.3 Å². The summed E-state index contributed by atoms with van der Waals surface area (Å²) in [6, 6.07) is 16.7. The van der Waals surface area contributed by atoms with Crippen LogP contribution in [0.2, 0.25) is 0 Å². The summed E-state index contributed by atoms with van der Waals surface area (Å²) in [5.41, 5.74) is 5.04. The zero-order chi connectivity index (χ0) is 18.0. The second-order valence-electron chi connectivity index (χ2n) is 6.06. The maximum absolute atomic E-state index is 11.9. The molecule has 128 valence electrons. The Morgan fingerprint density at radius 2 is 1.44 bits per heavy atom. The number of nitrogens with one attached hydrogen (secondary N) is 1. The van der Waals surface area contributed by atoms with Gasteiger partial charge < -0.3 is 10.2 Å². The highest BCUT2D eigenvalue weighted by Gasteiger charge is 2.36. The molecule has 2 aromatic rings. The Morgan fingerprint density at radius 1 is 0.960 bits per heavy atom. The minimum Gasteiger partial charge on any atom is -0.450 e. The second-order valence-corrected chi connectivity index (χ2v) is 6.06. The van der Waals surface area contributed by atoms with E-state index in [2.05, 4.69) is 29.6 Å². The van der Waals surface area contributed by atoms with Crippen molar-refractivity contribution in [2.24, 2.45) is 5.92 Å². The average Bonchev–Trinajstić information content (AvgIpc) is 3.05. The summed E-state index contributed by atoms with van der Waals surface area (Å²) in [5.74, 6) is -0.271. The fourth-order valence-corrected chi connectivity index (χ4v) is 3.60. The molecule has 1 fully saturated rings. The number of hydrogen-bond donors (Lipinski definition) is 3. The quantitative estimate of drug-likeness (QED) is 0.730. The Hall–Kier alpha value is -3.15. The van der Waals surface area contributed by atoms with Gasteiger partial charge in [0.25, 0.3) is 0 Å². The normalized spacial score (nSPS) is 18.0. The van der Waals surface area contributed by atoms with Crippen LogP contribution in [0, 0.1) is 5.92 Å². The van der Waals surface area contributed by atoms with Gasteiger partial charge >= 0.3 is 6.16 Å². The Bertz CT molecular complexity index is 796. The highest BCUT2D eigenvalue weighted by molar-refractivity contribution is 6.03. The van der Waals surface area contributed by atoms with E-state index in [0.717, 1.165) is 0 Å². The van der Waals surface area contributed by atoms with E-state index in [1.54, 1.807) is 0 Å². The van der Waals surface area contributed by atoms with Gasteiger partial charge in [0.1, 0.15) is 0 Å². The van der Waals surface area contributed by atoms with Crippen molar-refractivity contribution in [2.45, 2.75) is 18.8 Å². The molecule has 1 unspecified atom stereocenters. The topological polar surface area (TPSA) is 104 Å². The Morgan fingerprint density at radius 3 is 1.88 bits per heavy atom. The van der Waals surface area contributed by atoms with Crippen LogP contribution in [0.15, 0.2) is 48.5 Å². The summed E-state index contributed by atoms with van der Waals surface area (Å²) < 4.78 is 0. The summed E-state index contributed by atoms with van der Waals surface area (Å²) in [6.07, 6.45) is -0.814. The largest absolute Gasteiger partial charge is 0.503 e. The molecule has 2 aromatic carbocycles. The number of carboxylic acid groups (broad SMARTS) is 2. The van der Waals surface area contributed by atoms with Gasteiger partial charge in [-0.15, -0.1) is 0 Å². The second kappa shape index (κ2) is 6.76. The molecule has 1 saturated heterocycles. The van der Waals surface area contributed by atoms with Gasteiger partial charge in [0.2, 0.25) is 11.8 Å². The molecule has 3 N–H and O–H groups in total. The lowest BCUT2D eigenvalue weighted by molar-refractivity contribution is -0.125. The monoisotopic (exact) mass is 339 g/mol. The van der Waals surface area contributed by atoms with Crippen LogP contribution in [0.1, 0.15) is 29.9 Å². The minimum atomic E-state index is -1.83. The van der Waals surface area contributed by atoms with Crippen molar-refractivity contribution >= 4 is 18.0 Å². The third-order valence-electron chi connectivity index (χ3n) is 4.55. The van der Waals surface area contributed by atoms with E-state index in [4.69, 9.17) is 15.0 Å². The van der Waals surface area contributed by atoms with Gasteiger partial charge in [-0.05, 0) is 28.7 Å². The summed E-state index contributed by atoms with van der Waals surface area (Å²) in [6.45, 7) is 0. The molecular weight excluding hydrogens is 322 g/mol.